The Labute approximate surface area is 549 Å². The minimum Gasteiger partial charge on any atom is -0.462 e. The van der Waals surface area contributed by atoms with E-state index in [0.29, 0.717) is 25.7 Å². The highest BCUT2D eigenvalue weighted by molar-refractivity contribution is 7.47. The molecule has 3 unspecified atom stereocenters. The third-order valence-corrected chi connectivity index (χ3v) is 18.7. The van der Waals surface area contributed by atoms with Crippen LogP contribution < -0.4 is 0 Å². The van der Waals surface area contributed by atoms with Gasteiger partial charge in [-0.05, 0) is 37.5 Å². The van der Waals surface area contributed by atoms with Gasteiger partial charge in [0.2, 0.25) is 0 Å². The first-order valence-corrected chi connectivity index (χ1v) is 40.0. The molecule has 19 heteroatoms. The lowest BCUT2D eigenvalue weighted by atomic mass is 10.00. The van der Waals surface area contributed by atoms with E-state index in [4.69, 9.17) is 37.0 Å². The molecule has 0 amide bonds. The molecule has 0 aromatic rings. The average molecular weight is 1330 g/mol. The van der Waals surface area contributed by atoms with Crippen LogP contribution in [0.4, 0.5) is 0 Å². The Kier molecular flexibility index (Phi) is 61.8. The van der Waals surface area contributed by atoms with Gasteiger partial charge in [-0.3, -0.25) is 37.3 Å². The molecule has 0 bridgehead atoms. The van der Waals surface area contributed by atoms with E-state index in [2.05, 4.69) is 41.5 Å². The Morgan fingerprint density at radius 3 is 0.844 bits per heavy atom. The zero-order chi connectivity index (χ0) is 66.5. The van der Waals surface area contributed by atoms with Crippen molar-refractivity contribution in [3.63, 3.8) is 0 Å². The van der Waals surface area contributed by atoms with Crippen LogP contribution in [0.1, 0.15) is 363 Å². The highest BCUT2D eigenvalue weighted by atomic mass is 31.2. The predicted octanol–water partition coefficient (Wildman–Crippen LogP) is 20.4. The van der Waals surface area contributed by atoms with Gasteiger partial charge in [0.25, 0.3) is 0 Å². The van der Waals surface area contributed by atoms with E-state index in [9.17, 15) is 43.2 Å². The molecular weight excluding hydrogens is 1190 g/mol. The number of aliphatic hydroxyl groups is 1. The van der Waals surface area contributed by atoms with Gasteiger partial charge in [0.15, 0.2) is 12.2 Å². The second kappa shape index (κ2) is 63.1. The summed E-state index contributed by atoms with van der Waals surface area (Å²) in [7, 11) is -9.90. The third kappa shape index (κ3) is 63.5. The molecule has 90 heavy (non-hydrogen) atoms. The van der Waals surface area contributed by atoms with Crippen molar-refractivity contribution in [2.75, 3.05) is 39.6 Å². The fraction of sp³-hybridized carbons (Fsp3) is 0.944. The standard InChI is InChI=1S/C71H138O17P2/c1-7-10-12-14-16-18-19-20-21-22-23-24-25-26-27-28-31-36-43-49-55-70(75)87-66(59-82-69(74)54-48-42-35-32-29-30-33-39-45-51-63(4)5)61-85-89(77,78)83-57-65(72)58-84-90(79,80)86-62-67(60-81-68(73)53-47-41-34-17-15-13-11-8-2)88-71(76)56-50-44-38-37-40-46-52-64(6)9-3/h63-67,72H,7-62H2,1-6H3,(H,77,78)(H,79,80)/t64?,65-,66-,67-/m1/s1. The topological polar surface area (TPSA) is 237 Å². The lowest BCUT2D eigenvalue weighted by Crippen LogP contribution is -2.30. The van der Waals surface area contributed by atoms with Gasteiger partial charge < -0.3 is 33.8 Å². The van der Waals surface area contributed by atoms with Crippen LogP contribution in [0.15, 0.2) is 0 Å². The lowest BCUT2D eigenvalue weighted by Gasteiger charge is -2.21. The van der Waals surface area contributed by atoms with Gasteiger partial charge in [0.1, 0.15) is 19.3 Å². The van der Waals surface area contributed by atoms with Crippen LogP contribution in [0, 0.1) is 11.8 Å². The molecule has 0 saturated heterocycles. The Hall–Kier alpha value is -1.94. The fourth-order valence-corrected chi connectivity index (χ4v) is 12.3. The van der Waals surface area contributed by atoms with Crippen LogP contribution >= 0.6 is 15.6 Å². The SMILES string of the molecule is CCCCCCCCCCCCCCCCCCCCCCC(=O)O[C@H](COC(=O)CCCCCCCCCCCC(C)C)COP(=O)(O)OC[C@@H](O)COP(=O)(O)OC[C@@H](COC(=O)CCCCCCCCCC)OC(=O)CCCCCCCCC(C)CC. The Balaban J connectivity index is 5.17. The largest absolute Gasteiger partial charge is 0.472 e. The minimum absolute atomic E-state index is 0.103. The molecule has 0 aliphatic carbocycles. The van der Waals surface area contributed by atoms with Crippen molar-refractivity contribution in [1.82, 2.24) is 0 Å². The zero-order valence-corrected chi connectivity index (χ0v) is 60.2. The summed E-state index contributed by atoms with van der Waals surface area (Å²) in [5.74, 6) is -0.665. The second-order valence-corrected chi connectivity index (χ2v) is 29.3. The number of ether oxygens (including phenoxy) is 4. The first kappa shape index (κ1) is 88.1. The molecule has 0 spiro atoms. The van der Waals surface area contributed by atoms with Crippen molar-refractivity contribution in [3.8, 4) is 0 Å². The van der Waals surface area contributed by atoms with Crippen LogP contribution in [-0.4, -0.2) is 96.7 Å². The van der Waals surface area contributed by atoms with Crippen LogP contribution in [0.2, 0.25) is 0 Å². The van der Waals surface area contributed by atoms with E-state index < -0.39 is 97.5 Å². The lowest BCUT2D eigenvalue weighted by molar-refractivity contribution is -0.161. The summed E-state index contributed by atoms with van der Waals surface area (Å²) in [5.41, 5.74) is 0. The van der Waals surface area contributed by atoms with Crippen molar-refractivity contribution in [2.24, 2.45) is 11.8 Å². The molecule has 0 aliphatic rings. The van der Waals surface area contributed by atoms with Gasteiger partial charge in [-0.2, -0.15) is 0 Å². The van der Waals surface area contributed by atoms with Gasteiger partial charge in [-0.25, -0.2) is 9.13 Å². The molecule has 0 aromatic carbocycles. The maximum atomic E-state index is 13.0. The molecule has 534 valence electrons. The minimum atomic E-state index is -4.95. The molecule has 0 radical (unpaired) electrons. The molecule has 0 rings (SSSR count). The van der Waals surface area contributed by atoms with E-state index in [1.54, 1.807) is 0 Å². The zero-order valence-electron chi connectivity index (χ0n) is 58.4. The Bertz CT molecular complexity index is 1750. The molecule has 0 aliphatic heterocycles. The number of carbonyl (C=O) groups excluding carboxylic acids is 4. The first-order chi connectivity index (χ1) is 43.4. The number of phosphoric ester groups is 2. The summed E-state index contributed by atoms with van der Waals surface area (Å²) >= 11 is 0. The molecular formula is C71H138O17P2. The van der Waals surface area contributed by atoms with E-state index in [-0.39, 0.29) is 25.7 Å². The van der Waals surface area contributed by atoms with Gasteiger partial charge in [0.05, 0.1) is 26.4 Å². The van der Waals surface area contributed by atoms with E-state index in [1.807, 2.05) is 0 Å². The number of aliphatic hydroxyl groups excluding tert-OH is 1. The predicted molar refractivity (Wildman–Crippen MR) is 363 cm³/mol. The van der Waals surface area contributed by atoms with Crippen LogP contribution in [0.3, 0.4) is 0 Å². The fourth-order valence-electron chi connectivity index (χ4n) is 10.7. The van der Waals surface area contributed by atoms with Crippen molar-refractivity contribution in [1.29, 1.82) is 0 Å². The normalized spacial score (nSPS) is 14.4. The summed E-state index contributed by atoms with van der Waals surface area (Å²) in [6, 6.07) is 0. The van der Waals surface area contributed by atoms with Crippen molar-refractivity contribution < 1.29 is 80.2 Å². The van der Waals surface area contributed by atoms with Gasteiger partial charge in [-0.1, -0.05) is 311 Å². The summed E-state index contributed by atoms with van der Waals surface area (Å²) in [4.78, 5) is 72.4. The van der Waals surface area contributed by atoms with Crippen molar-refractivity contribution in [3.05, 3.63) is 0 Å². The maximum absolute atomic E-state index is 13.0. The van der Waals surface area contributed by atoms with Crippen LogP contribution in [-0.2, 0) is 65.4 Å². The quantitative estimate of drug-likeness (QED) is 0.0222. The number of unbranched alkanes of at least 4 members (excludes halogenated alkanes) is 39. The molecule has 0 heterocycles. The smallest absolute Gasteiger partial charge is 0.462 e. The number of rotatable bonds is 70. The molecule has 0 fully saturated rings. The molecule has 0 aromatic heterocycles. The molecule has 3 N–H and O–H groups in total. The van der Waals surface area contributed by atoms with E-state index in [0.717, 1.165) is 108 Å². The highest BCUT2D eigenvalue weighted by Crippen LogP contribution is 2.45. The number of hydrogen-bond acceptors (Lipinski definition) is 15. The average Bonchev–Trinajstić information content (AvgIpc) is 2.19. The summed E-state index contributed by atoms with van der Waals surface area (Å²) in [5, 5.41) is 10.6. The first-order valence-electron chi connectivity index (χ1n) is 37.0. The maximum Gasteiger partial charge on any atom is 0.472 e. The van der Waals surface area contributed by atoms with Gasteiger partial charge in [0, 0.05) is 25.7 Å². The van der Waals surface area contributed by atoms with Gasteiger partial charge >= 0.3 is 39.5 Å². The van der Waals surface area contributed by atoms with E-state index >= 15 is 0 Å². The summed E-state index contributed by atoms with van der Waals surface area (Å²) in [6.45, 7) is 9.46. The number of hydrogen-bond donors (Lipinski definition) is 3. The molecule has 0 saturated carbocycles. The van der Waals surface area contributed by atoms with Gasteiger partial charge in [-0.15, -0.1) is 0 Å². The van der Waals surface area contributed by atoms with E-state index in [1.165, 1.54) is 173 Å². The number of esters is 4. The Morgan fingerprint density at radius 2 is 0.567 bits per heavy atom. The van der Waals surface area contributed by atoms with Crippen molar-refractivity contribution in [2.45, 2.75) is 381 Å². The third-order valence-electron chi connectivity index (χ3n) is 16.8. The monoisotopic (exact) mass is 1320 g/mol. The van der Waals surface area contributed by atoms with Crippen molar-refractivity contribution >= 4 is 39.5 Å². The molecule has 17 nitrogen and oxygen atoms in total. The Morgan fingerprint density at radius 1 is 0.322 bits per heavy atom. The second-order valence-electron chi connectivity index (χ2n) is 26.3. The summed E-state index contributed by atoms with van der Waals surface area (Å²) < 4.78 is 68.2. The van der Waals surface area contributed by atoms with Crippen LogP contribution in [0.5, 0.6) is 0 Å². The summed E-state index contributed by atoms with van der Waals surface area (Å²) in [6.07, 6.45) is 48.8. The number of phosphoric acid groups is 2. The highest BCUT2D eigenvalue weighted by Gasteiger charge is 2.30. The number of carbonyl (C=O) groups is 4. The molecule has 6 atom stereocenters. The van der Waals surface area contributed by atoms with Crippen LogP contribution in [0.25, 0.3) is 0 Å².